The van der Waals surface area contributed by atoms with Crippen LogP contribution < -0.4 is 9.47 Å². The molecule has 3 N–H and O–H groups in total. The Hall–Kier alpha value is -1.73. The highest BCUT2D eigenvalue weighted by atomic mass is 32.2. The van der Waals surface area contributed by atoms with Gasteiger partial charge in [-0.1, -0.05) is 47.0 Å². The summed E-state index contributed by atoms with van der Waals surface area (Å²) in [6, 6.07) is 3.29. The van der Waals surface area contributed by atoms with E-state index in [1.165, 1.54) is 0 Å². The summed E-state index contributed by atoms with van der Waals surface area (Å²) in [5, 5.41) is 8.86. The molecule has 0 radical (unpaired) electrons. The maximum Gasteiger partial charge on any atom is 0.264 e. The van der Waals surface area contributed by atoms with E-state index in [1.54, 1.807) is 19.1 Å². The quantitative estimate of drug-likeness (QED) is 0.134. The first kappa shape index (κ1) is 37.4. The van der Waals surface area contributed by atoms with Crippen LogP contribution in [0.4, 0.5) is 0 Å². The zero-order valence-electron chi connectivity index (χ0n) is 22.9. The Kier molecular flexibility index (Phi) is 21.5. The van der Waals surface area contributed by atoms with Gasteiger partial charge in [-0.3, -0.25) is 13.9 Å². The number of benzene rings is 1. The Bertz CT molecular complexity index is 958. The van der Waals surface area contributed by atoms with Crippen molar-refractivity contribution in [1.82, 2.24) is 0 Å². The summed E-state index contributed by atoms with van der Waals surface area (Å²) in [7, 11) is -7.73. The lowest BCUT2D eigenvalue weighted by atomic mass is 10.0. The summed E-state index contributed by atoms with van der Waals surface area (Å²) in [5.74, 6) is 0.432. The van der Waals surface area contributed by atoms with Crippen LogP contribution in [0.2, 0.25) is 0 Å². The molecule has 0 bridgehead atoms. The van der Waals surface area contributed by atoms with Crippen LogP contribution in [0.1, 0.15) is 95.0 Å². The average molecular weight is 571 g/mol. The van der Waals surface area contributed by atoms with Gasteiger partial charge in [0.25, 0.3) is 20.2 Å². The third-order valence-electron chi connectivity index (χ3n) is 4.73. The lowest BCUT2D eigenvalue weighted by molar-refractivity contribution is 0.0980. The third kappa shape index (κ3) is 21.0. The van der Waals surface area contributed by atoms with Crippen molar-refractivity contribution >= 4 is 26.0 Å². The number of carbonyl (C=O) groups excluding carboxylic acids is 1. The largest absolute Gasteiger partial charge is 0.493 e. The zero-order valence-corrected chi connectivity index (χ0v) is 24.5. The Morgan fingerprint density at radius 3 is 1.70 bits per heavy atom. The number of hydrogen-bond acceptors (Lipinski definition) is 8. The molecule has 218 valence electrons. The molecule has 0 unspecified atom stereocenters. The van der Waals surface area contributed by atoms with Crippen molar-refractivity contribution in [3.05, 3.63) is 23.3 Å². The van der Waals surface area contributed by atoms with E-state index in [1.807, 2.05) is 27.7 Å². The molecule has 0 aliphatic heterocycles. The summed E-state index contributed by atoms with van der Waals surface area (Å²) >= 11 is 0. The summed E-state index contributed by atoms with van der Waals surface area (Å²) < 4.78 is 70.0. The number of aliphatic hydroxyl groups is 1. The fourth-order valence-corrected chi connectivity index (χ4v) is 3.93. The number of ether oxygens (including phenoxy) is 2. The van der Waals surface area contributed by atoms with Crippen molar-refractivity contribution in [2.75, 3.05) is 31.3 Å². The highest BCUT2D eigenvalue weighted by molar-refractivity contribution is 7.86. The van der Waals surface area contributed by atoms with Gasteiger partial charge in [0.05, 0.1) is 24.7 Å². The molecule has 0 spiro atoms. The smallest absolute Gasteiger partial charge is 0.264 e. The van der Waals surface area contributed by atoms with E-state index in [9.17, 15) is 21.6 Å². The second-order valence-electron chi connectivity index (χ2n) is 8.03. The molecule has 0 saturated carbocycles. The van der Waals surface area contributed by atoms with Gasteiger partial charge in [-0.25, -0.2) is 0 Å². The van der Waals surface area contributed by atoms with E-state index < -0.39 is 20.2 Å². The summed E-state index contributed by atoms with van der Waals surface area (Å²) in [6.07, 6.45) is 5.30. The number of hydrogen-bond donors (Lipinski definition) is 3. The third-order valence-corrected chi connectivity index (χ3v) is 6.34. The topological polar surface area (TPSA) is 164 Å². The molecule has 0 fully saturated rings. The van der Waals surface area contributed by atoms with E-state index >= 15 is 0 Å². The number of ketones is 1. The standard InChI is InChI=1S/C17H26O7S.C6H14O3S.C2H6/c1-3-6-15(19)14-11-16(23-8-4-7-18)13(2)17(12-14)24-9-5-10-25(20,21)22;1-2-3-4-5-6-10(7,8)9;1-2/h11-12,18H,3-10H2,1-2H3,(H,20,21,22);2-6H2,1H3,(H,7,8,9);1-2H3. The minimum absolute atomic E-state index is 0.00644. The lowest BCUT2D eigenvalue weighted by Crippen LogP contribution is -2.10. The van der Waals surface area contributed by atoms with Crippen LogP contribution in [0, 0.1) is 6.92 Å². The second kappa shape index (κ2) is 21.2. The summed E-state index contributed by atoms with van der Waals surface area (Å²) in [5.41, 5.74) is 1.16. The van der Waals surface area contributed by atoms with Crippen LogP contribution in [0.5, 0.6) is 11.5 Å². The van der Waals surface area contributed by atoms with Gasteiger partial charge in [0.15, 0.2) is 5.78 Å². The number of aliphatic hydroxyl groups excluding tert-OH is 1. The maximum atomic E-state index is 12.2. The number of carbonyl (C=O) groups is 1. The summed E-state index contributed by atoms with van der Waals surface area (Å²) in [4.78, 5) is 12.2. The predicted molar refractivity (Wildman–Crippen MR) is 146 cm³/mol. The number of Topliss-reactive ketones (excluding diaryl/α,β-unsaturated/α-hetero) is 1. The van der Waals surface area contributed by atoms with E-state index in [-0.39, 0.29) is 36.9 Å². The Balaban J connectivity index is 0. The fraction of sp³-hybridized carbons (Fsp3) is 0.720. The van der Waals surface area contributed by atoms with Crippen LogP contribution >= 0.6 is 0 Å². The van der Waals surface area contributed by atoms with Gasteiger partial charge in [0, 0.05) is 30.6 Å². The van der Waals surface area contributed by atoms with Crippen molar-refractivity contribution in [3.63, 3.8) is 0 Å². The van der Waals surface area contributed by atoms with Crippen LogP contribution in [-0.4, -0.2) is 68.2 Å². The minimum Gasteiger partial charge on any atom is -0.493 e. The maximum absolute atomic E-state index is 12.2. The first-order valence-corrected chi connectivity index (χ1v) is 16.0. The van der Waals surface area contributed by atoms with Gasteiger partial charge >= 0.3 is 0 Å². The molecule has 0 aromatic heterocycles. The van der Waals surface area contributed by atoms with Crippen LogP contribution in [-0.2, 0) is 20.2 Å². The van der Waals surface area contributed by atoms with E-state index in [2.05, 4.69) is 0 Å². The van der Waals surface area contributed by atoms with Gasteiger partial charge in [-0.05, 0) is 38.3 Å². The lowest BCUT2D eigenvalue weighted by Gasteiger charge is -2.15. The molecule has 0 saturated heterocycles. The first-order chi connectivity index (χ1) is 17.3. The van der Waals surface area contributed by atoms with Crippen molar-refractivity contribution < 1.29 is 45.3 Å². The fourth-order valence-electron chi connectivity index (χ4n) is 2.88. The van der Waals surface area contributed by atoms with E-state index in [0.717, 1.165) is 25.7 Å². The molecule has 0 heterocycles. The highest BCUT2D eigenvalue weighted by Crippen LogP contribution is 2.31. The monoisotopic (exact) mass is 570 g/mol. The molecule has 0 atom stereocenters. The van der Waals surface area contributed by atoms with E-state index in [4.69, 9.17) is 23.7 Å². The summed E-state index contributed by atoms with van der Waals surface area (Å²) in [6.45, 7) is 10.1. The Labute approximate surface area is 223 Å². The van der Waals surface area contributed by atoms with Gasteiger partial charge in [-0.15, -0.1) is 0 Å². The minimum atomic E-state index is -4.02. The zero-order chi connectivity index (χ0) is 28.9. The molecule has 0 amide bonds. The van der Waals surface area contributed by atoms with Crippen molar-refractivity contribution in [2.45, 2.75) is 86.0 Å². The van der Waals surface area contributed by atoms with Gasteiger partial charge in [0.2, 0.25) is 0 Å². The number of rotatable bonds is 17. The van der Waals surface area contributed by atoms with Crippen LogP contribution in [0.15, 0.2) is 12.1 Å². The SMILES string of the molecule is CC.CCCC(=O)c1cc(OCCCO)c(C)c(OCCCS(=O)(=O)O)c1.CCCCCCS(=O)(=O)O. The molecular weight excluding hydrogens is 524 g/mol. The number of unbranched alkanes of at least 4 members (excludes halogenated alkanes) is 3. The molecule has 0 aliphatic rings. The van der Waals surface area contributed by atoms with Gasteiger partial charge < -0.3 is 14.6 Å². The molecule has 0 aliphatic carbocycles. The van der Waals surface area contributed by atoms with Gasteiger partial charge in [-0.2, -0.15) is 16.8 Å². The highest BCUT2D eigenvalue weighted by Gasteiger charge is 2.15. The van der Waals surface area contributed by atoms with E-state index in [0.29, 0.717) is 48.5 Å². The molecule has 12 heteroatoms. The van der Waals surface area contributed by atoms with Crippen molar-refractivity contribution in [3.8, 4) is 11.5 Å². The molecule has 1 aromatic carbocycles. The Morgan fingerprint density at radius 2 is 1.27 bits per heavy atom. The average Bonchev–Trinajstić information content (AvgIpc) is 2.82. The predicted octanol–water partition coefficient (Wildman–Crippen LogP) is 4.88. The Morgan fingerprint density at radius 1 is 0.784 bits per heavy atom. The molecular formula is C25H46O10S2. The van der Waals surface area contributed by atoms with Crippen LogP contribution in [0.25, 0.3) is 0 Å². The molecule has 37 heavy (non-hydrogen) atoms. The second-order valence-corrected chi connectivity index (χ2v) is 11.2. The first-order valence-electron chi connectivity index (χ1n) is 12.8. The molecule has 1 aromatic rings. The van der Waals surface area contributed by atoms with Crippen LogP contribution in [0.3, 0.4) is 0 Å². The molecule has 10 nitrogen and oxygen atoms in total. The normalized spacial score (nSPS) is 11.0. The molecule has 1 rings (SSSR count). The van der Waals surface area contributed by atoms with Crippen molar-refractivity contribution in [2.24, 2.45) is 0 Å². The van der Waals surface area contributed by atoms with Crippen molar-refractivity contribution in [1.29, 1.82) is 0 Å². The van der Waals surface area contributed by atoms with Gasteiger partial charge in [0.1, 0.15) is 11.5 Å².